The van der Waals surface area contributed by atoms with Crippen LogP contribution in [0.5, 0.6) is 0 Å². The van der Waals surface area contributed by atoms with E-state index < -0.39 is 9.84 Å². The molecule has 0 heterocycles. The highest BCUT2D eigenvalue weighted by molar-refractivity contribution is 7.90. The van der Waals surface area contributed by atoms with E-state index in [0.717, 1.165) is 12.8 Å². The lowest BCUT2D eigenvalue weighted by molar-refractivity contribution is 0.171. The van der Waals surface area contributed by atoms with Gasteiger partial charge in [-0.1, -0.05) is 36.8 Å². The number of benzene rings is 1. The molecule has 1 unspecified atom stereocenters. The van der Waals surface area contributed by atoms with Crippen LogP contribution in [-0.4, -0.2) is 33.5 Å². The first-order chi connectivity index (χ1) is 8.98. The molecule has 4 heteroatoms. The molecule has 0 amide bonds. The van der Waals surface area contributed by atoms with E-state index in [2.05, 4.69) is 29.6 Å². The van der Waals surface area contributed by atoms with Crippen LogP contribution in [0.25, 0.3) is 0 Å². The molecule has 1 saturated carbocycles. The van der Waals surface area contributed by atoms with Gasteiger partial charge < -0.3 is 5.32 Å². The van der Waals surface area contributed by atoms with Gasteiger partial charge in [0.15, 0.2) is 0 Å². The Hall–Kier alpha value is -0.870. The van der Waals surface area contributed by atoms with Gasteiger partial charge >= 0.3 is 0 Å². The second-order valence-electron chi connectivity index (χ2n) is 5.64. The van der Waals surface area contributed by atoms with Gasteiger partial charge in [0.25, 0.3) is 0 Å². The Morgan fingerprint density at radius 3 is 2.32 bits per heavy atom. The van der Waals surface area contributed by atoms with Crippen LogP contribution in [0.4, 0.5) is 0 Å². The molecule has 0 aromatic heterocycles. The highest BCUT2D eigenvalue weighted by atomic mass is 32.2. The Balaban J connectivity index is 2.19. The van der Waals surface area contributed by atoms with Crippen molar-refractivity contribution in [2.45, 2.75) is 37.1 Å². The summed E-state index contributed by atoms with van der Waals surface area (Å²) in [5.41, 5.74) is 1.47. The van der Waals surface area contributed by atoms with Crippen LogP contribution < -0.4 is 5.32 Å². The first-order valence-corrected chi connectivity index (χ1v) is 8.94. The minimum absolute atomic E-state index is 0.126. The Morgan fingerprint density at radius 2 is 1.89 bits per heavy atom. The van der Waals surface area contributed by atoms with Crippen molar-refractivity contribution in [2.24, 2.45) is 0 Å². The summed E-state index contributed by atoms with van der Waals surface area (Å²) < 4.78 is 22.8. The van der Waals surface area contributed by atoms with Gasteiger partial charge in [-0.3, -0.25) is 0 Å². The van der Waals surface area contributed by atoms with E-state index in [1.165, 1.54) is 18.2 Å². The number of likely N-dealkylation sites (N-methyl/N-ethyl adjacent to an activating group) is 1. The third-order valence-electron chi connectivity index (χ3n) is 4.39. The topological polar surface area (TPSA) is 46.2 Å². The summed E-state index contributed by atoms with van der Waals surface area (Å²) in [5.74, 6) is 0.257. The van der Waals surface area contributed by atoms with Crippen LogP contribution in [0.15, 0.2) is 30.3 Å². The Labute approximate surface area is 116 Å². The van der Waals surface area contributed by atoms with Gasteiger partial charge in [0.05, 0.1) is 5.75 Å². The van der Waals surface area contributed by atoms with Crippen molar-refractivity contribution in [3.63, 3.8) is 0 Å². The maximum atomic E-state index is 11.4. The van der Waals surface area contributed by atoms with Crippen LogP contribution in [0.3, 0.4) is 0 Å². The van der Waals surface area contributed by atoms with Crippen LogP contribution in [0.1, 0.15) is 31.2 Å². The van der Waals surface area contributed by atoms with Crippen LogP contribution in [-0.2, 0) is 15.3 Å². The fourth-order valence-electron chi connectivity index (χ4n) is 3.19. The molecule has 0 radical (unpaired) electrons. The maximum absolute atomic E-state index is 11.4. The highest BCUT2D eigenvalue weighted by Crippen LogP contribution is 2.47. The highest BCUT2D eigenvalue weighted by Gasteiger charge is 2.44. The van der Waals surface area contributed by atoms with Crippen molar-refractivity contribution >= 4 is 9.84 Å². The van der Waals surface area contributed by atoms with E-state index in [0.29, 0.717) is 6.42 Å². The molecule has 0 aliphatic heterocycles. The van der Waals surface area contributed by atoms with Crippen molar-refractivity contribution in [3.8, 4) is 0 Å². The van der Waals surface area contributed by atoms with E-state index in [4.69, 9.17) is 0 Å². The van der Waals surface area contributed by atoms with E-state index in [1.54, 1.807) is 0 Å². The fourth-order valence-corrected chi connectivity index (χ4v) is 3.86. The van der Waals surface area contributed by atoms with Crippen LogP contribution in [0, 0.1) is 0 Å². The first kappa shape index (κ1) is 14.5. The summed E-state index contributed by atoms with van der Waals surface area (Å²) in [5, 5.41) is 3.35. The molecule has 1 N–H and O–H groups in total. The molecule has 1 aromatic rings. The Bertz CT molecular complexity index is 506. The van der Waals surface area contributed by atoms with Crippen molar-refractivity contribution < 1.29 is 8.42 Å². The Morgan fingerprint density at radius 1 is 1.26 bits per heavy atom. The number of rotatable bonds is 6. The predicted molar refractivity (Wildman–Crippen MR) is 79.1 cm³/mol. The second-order valence-corrected chi connectivity index (χ2v) is 7.90. The molecule has 19 heavy (non-hydrogen) atoms. The van der Waals surface area contributed by atoms with Gasteiger partial charge in [0.2, 0.25) is 0 Å². The van der Waals surface area contributed by atoms with Gasteiger partial charge in [-0.2, -0.15) is 0 Å². The molecule has 0 spiro atoms. The summed E-state index contributed by atoms with van der Waals surface area (Å²) in [6.45, 7) is 0. The maximum Gasteiger partial charge on any atom is 0.147 e. The SMILES string of the molecule is CNC(CCS(C)(=O)=O)C1(c2ccccc2)CCC1. The van der Waals surface area contributed by atoms with Gasteiger partial charge in [-0.25, -0.2) is 8.42 Å². The standard InChI is InChI=1S/C15H23NO2S/c1-16-14(9-12-19(2,17)18)15(10-6-11-15)13-7-4-3-5-8-13/h3-5,7-8,14,16H,6,9-12H2,1-2H3. The molecule has 3 nitrogen and oxygen atoms in total. The van der Waals surface area contributed by atoms with Crippen molar-refractivity contribution in [3.05, 3.63) is 35.9 Å². The van der Waals surface area contributed by atoms with E-state index >= 15 is 0 Å². The number of sulfone groups is 1. The lowest BCUT2D eigenvalue weighted by Crippen LogP contribution is -2.52. The van der Waals surface area contributed by atoms with Crippen LogP contribution >= 0.6 is 0 Å². The van der Waals surface area contributed by atoms with Gasteiger partial charge in [0, 0.05) is 17.7 Å². The summed E-state index contributed by atoms with van der Waals surface area (Å²) >= 11 is 0. The summed E-state index contributed by atoms with van der Waals surface area (Å²) in [6, 6.07) is 10.7. The average molecular weight is 281 g/mol. The largest absolute Gasteiger partial charge is 0.316 e. The molecule has 2 rings (SSSR count). The van der Waals surface area contributed by atoms with E-state index in [1.807, 2.05) is 13.1 Å². The normalized spacial score (nSPS) is 19.7. The monoisotopic (exact) mass is 281 g/mol. The Kier molecular flexibility index (Phi) is 4.31. The smallest absolute Gasteiger partial charge is 0.147 e. The van der Waals surface area contributed by atoms with E-state index in [-0.39, 0.29) is 17.2 Å². The lowest BCUT2D eigenvalue weighted by atomic mass is 9.59. The number of hydrogen-bond donors (Lipinski definition) is 1. The van der Waals surface area contributed by atoms with Crippen molar-refractivity contribution in [1.82, 2.24) is 5.32 Å². The van der Waals surface area contributed by atoms with Crippen LogP contribution in [0.2, 0.25) is 0 Å². The number of nitrogens with one attached hydrogen (secondary N) is 1. The lowest BCUT2D eigenvalue weighted by Gasteiger charge is -2.48. The summed E-state index contributed by atoms with van der Waals surface area (Å²) in [7, 11) is -0.955. The van der Waals surface area contributed by atoms with Gasteiger partial charge in [0.1, 0.15) is 9.84 Å². The second kappa shape index (κ2) is 5.63. The molecule has 1 aromatic carbocycles. The average Bonchev–Trinajstić information content (AvgIpc) is 2.32. The van der Waals surface area contributed by atoms with Crippen molar-refractivity contribution in [1.29, 1.82) is 0 Å². The molecular weight excluding hydrogens is 258 g/mol. The predicted octanol–water partition coefficient (Wildman–Crippen LogP) is 2.13. The first-order valence-electron chi connectivity index (χ1n) is 6.88. The zero-order chi connectivity index (χ0) is 13.9. The van der Waals surface area contributed by atoms with Crippen molar-refractivity contribution in [2.75, 3.05) is 19.1 Å². The quantitative estimate of drug-likeness (QED) is 0.869. The fraction of sp³-hybridized carbons (Fsp3) is 0.600. The molecule has 106 valence electrons. The van der Waals surface area contributed by atoms with E-state index in [9.17, 15) is 8.42 Å². The summed E-state index contributed by atoms with van der Waals surface area (Å²) in [4.78, 5) is 0. The third kappa shape index (κ3) is 3.18. The zero-order valence-electron chi connectivity index (χ0n) is 11.7. The molecule has 1 fully saturated rings. The van der Waals surface area contributed by atoms with Gasteiger partial charge in [-0.05, 0) is 31.9 Å². The minimum Gasteiger partial charge on any atom is -0.316 e. The molecule has 0 saturated heterocycles. The minimum atomic E-state index is -2.90. The molecule has 1 aliphatic carbocycles. The zero-order valence-corrected chi connectivity index (χ0v) is 12.5. The third-order valence-corrected chi connectivity index (χ3v) is 5.36. The molecule has 1 aliphatic rings. The molecule has 0 bridgehead atoms. The molecular formula is C15H23NO2S. The number of hydrogen-bond acceptors (Lipinski definition) is 3. The summed E-state index contributed by atoms with van der Waals surface area (Å²) in [6.07, 6.45) is 5.52. The molecule has 1 atom stereocenters. The van der Waals surface area contributed by atoms with Gasteiger partial charge in [-0.15, -0.1) is 0 Å².